The summed E-state index contributed by atoms with van der Waals surface area (Å²) in [5, 5.41) is 4.99. The van der Waals surface area contributed by atoms with Crippen LogP contribution in [0.4, 0.5) is 11.4 Å². The summed E-state index contributed by atoms with van der Waals surface area (Å²) in [6, 6.07) is 13.5. The molecule has 0 aliphatic carbocycles. The predicted octanol–water partition coefficient (Wildman–Crippen LogP) is 2.77. The standard InChI is InChI=1S/C17H16N2O3/c1-11-3-7-14(8-4-11)18-16(21)17(22)19-15-9-5-13(6-10-15)12(2)20/h3-10H,1-2H3,(H,18,21)(H,19,22). The topological polar surface area (TPSA) is 75.3 Å². The Hall–Kier alpha value is -2.95. The second-order valence-electron chi connectivity index (χ2n) is 4.91. The molecule has 0 atom stereocenters. The van der Waals surface area contributed by atoms with Crippen LogP contribution in [0.15, 0.2) is 48.5 Å². The molecule has 0 fully saturated rings. The summed E-state index contributed by atoms with van der Waals surface area (Å²) in [5.74, 6) is -1.58. The summed E-state index contributed by atoms with van der Waals surface area (Å²) >= 11 is 0. The summed E-state index contributed by atoms with van der Waals surface area (Å²) in [7, 11) is 0. The van der Waals surface area contributed by atoms with Gasteiger partial charge in [0.1, 0.15) is 0 Å². The number of amides is 2. The molecule has 0 unspecified atom stereocenters. The van der Waals surface area contributed by atoms with E-state index in [4.69, 9.17) is 0 Å². The van der Waals surface area contributed by atoms with Gasteiger partial charge in [0.25, 0.3) is 0 Å². The highest BCUT2D eigenvalue weighted by molar-refractivity contribution is 6.43. The molecule has 0 aliphatic heterocycles. The fourth-order valence-corrected chi connectivity index (χ4v) is 1.80. The zero-order valence-electron chi connectivity index (χ0n) is 12.3. The van der Waals surface area contributed by atoms with Crippen molar-refractivity contribution in [2.45, 2.75) is 13.8 Å². The van der Waals surface area contributed by atoms with Crippen molar-refractivity contribution in [3.05, 3.63) is 59.7 Å². The Balaban J connectivity index is 1.97. The van der Waals surface area contributed by atoms with Crippen LogP contribution in [0, 0.1) is 6.92 Å². The van der Waals surface area contributed by atoms with Gasteiger partial charge < -0.3 is 10.6 Å². The number of carbonyl (C=O) groups excluding carboxylic acids is 3. The van der Waals surface area contributed by atoms with Crippen LogP contribution in [0.3, 0.4) is 0 Å². The van der Waals surface area contributed by atoms with Crippen LogP contribution in [0.2, 0.25) is 0 Å². The highest BCUT2D eigenvalue weighted by Gasteiger charge is 2.14. The molecule has 0 saturated heterocycles. The zero-order chi connectivity index (χ0) is 16.1. The summed E-state index contributed by atoms with van der Waals surface area (Å²) in [6.45, 7) is 3.39. The van der Waals surface area contributed by atoms with Crippen LogP contribution in [-0.4, -0.2) is 17.6 Å². The molecular formula is C17H16N2O3. The molecule has 2 N–H and O–H groups in total. The Morgan fingerprint density at radius 3 is 1.55 bits per heavy atom. The van der Waals surface area contributed by atoms with E-state index >= 15 is 0 Å². The zero-order valence-corrected chi connectivity index (χ0v) is 12.3. The van der Waals surface area contributed by atoms with Crippen LogP contribution in [-0.2, 0) is 9.59 Å². The average Bonchev–Trinajstić information content (AvgIpc) is 2.50. The molecule has 2 amide bonds. The van der Waals surface area contributed by atoms with Crippen molar-refractivity contribution in [3.8, 4) is 0 Å². The highest BCUT2D eigenvalue weighted by Crippen LogP contribution is 2.11. The van der Waals surface area contributed by atoms with Gasteiger partial charge in [-0.15, -0.1) is 0 Å². The monoisotopic (exact) mass is 296 g/mol. The number of hydrogen-bond donors (Lipinski definition) is 2. The second kappa shape index (κ2) is 6.67. The Labute approximate surface area is 128 Å². The summed E-state index contributed by atoms with van der Waals surface area (Å²) < 4.78 is 0. The lowest BCUT2D eigenvalue weighted by Gasteiger charge is -2.07. The van der Waals surface area contributed by atoms with Crippen molar-refractivity contribution in [3.63, 3.8) is 0 Å². The molecule has 112 valence electrons. The first-order valence-electron chi connectivity index (χ1n) is 6.76. The second-order valence-corrected chi connectivity index (χ2v) is 4.91. The number of hydrogen-bond acceptors (Lipinski definition) is 3. The molecule has 0 spiro atoms. The summed E-state index contributed by atoms with van der Waals surface area (Å²) in [5.41, 5.74) is 2.61. The van der Waals surface area contributed by atoms with Crippen molar-refractivity contribution in [2.75, 3.05) is 10.6 Å². The molecule has 0 aromatic heterocycles. The van der Waals surface area contributed by atoms with Crippen LogP contribution in [0.5, 0.6) is 0 Å². The number of carbonyl (C=O) groups is 3. The molecule has 0 aliphatic rings. The first-order valence-corrected chi connectivity index (χ1v) is 6.76. The van der Waals surface area contributed by atoms with Crippen LogP contribution in [0.1, 0.15) is 22.8 Å². The Morgan fingerprint density at radius 2 is 1.14 bits per heavy atom. The lowest BCUT2D eigenvalue weighted by Crippen LogP contribution is -2.29. The molecule has 2 aromatic carbocycles. The fraction of sp³-hybridized carbons (Fsp3) is 0.118. The van der Waals surface area contributed by atoms with E-state index in [1.54, 1.807) is 36.4 Å². The minimum atomic E-state index is -0.767. The van der Waals surface area contributed by atoms with Crippen LogP contribution >= 0.6 is 0 Å². The maximum atomic E-state index is 11.8. The largest absolute Gasteiger partial charge is 0.318 e. The Kier molecular flexibility index (Phi) is 4.68. The third-order valence-corrected chi connectivity index (χ3v) is 3.06. The van der Waals surface area contributed by atoms with E-state index < -0.39 is 11.8 Å². The van der Waals surface area contributed by atoms with Crippen molar-refractivity contribution >= 4 is 29.0 Å². The fourth-order valence-electron chi connectivity index (χ4n) is 1.80. The number of Topliss-reactive ketones (excluding diaryl/α,β-unsaturated/α-hetero) is 1. The van der Waals surface area contributed by atoms with E-state index in [1.807, 2.05) is 19.1 Å². The molecule has 2 aromatic rings. The van der Waals surface area contributed by atoms with Gasteiger partial charge in [0.2, 0.25) is 0 Å². The summed E-state index contributed by atoms with van der Waals surface area (Å²) in [6.07, 6.45) is 0. The van der Waals surface area contributed by atoms with Crippen LogP contribution < -0.4 is 10.6 Å². The average molecular weight is 296 g/mol. The number of anilines is 2. The lowest BCUT2D eigenvalue weighted by molar-refractivity contribution is -0.132. The number of rotatable bonds is 3. The van der Waals surface area contributed by atoms with E-state index in [1.165, 1.54) is 6.92 Å². The highest BCUT2D eigenvalue weighted by atomic mass is 16.2. The third-order valence-electron chi connectivity index (χ3n) is 3.06. The van der Waals surface area contributed by atoms with Gasteiger partial charge in [0, 0.05) is 16.9 Å². The van der Waals surface area contributed by atoms with E-state index in [0.717, 1.165) is 5.56 Å². The number of nitrogens with one attached hydrogen (secondary N) is 2. The van der Waals surface area contributed by atoms with E-state index in [2.05, 4.69) is 10.6 Å². The SMILES string of the molecule is CC(=O)c1ccc(NC(=O)C(=O)Nc2ccc(C)cc2)cc1. The predicted molar refractivity (Wildman–Crippen MR) is 84.9 cm³/mol. The number of ketones is 1. The molecule has 5 nitrogen and oxygen atoms in total. The van der Waals surface area contributed by atoms with Gasteiger partial charge in [-0.25, -0.2) is 0 Å². The first kappa shape index (κ1) is 15.4. The normalized spacial score (nSPS) is 9.91. The van der Waals surface area contributed by atoms with Gasteiger partial charge in [0.15, 0.2) is 5.78 Å². The van der Waals surface area contributed by atoms with Gasteiger partial charge in [-0.2, -0.15) is 0 Å². The lowest BCUT2D eigenvalue weighted by atomic mass is 10.1. The third kappa shape index (κ3) is 4.02. The Morgan fingerprint density at radius 1 is 0.727 bits per heavy atom. The van der Waals surface area contributed by atoms with Gasteiger partial charge in [0.05, 0.1) is 0 Å². The molecule has 0 bridgehead atoms. The maximum Gasteiger partial charge on any atom is 0.314 e. The van der Waals surface area contributed by atoms with Gasteiger partial charge >= 0.3 is 11.8 Å². The molecule has 22 heavy (non-hydrogen) atoms. The van der Waals surface area contributed by atoms with Crippen molar-refractivity contribution in [2.24, 2.45) is 0 Å². The Bertz CT molecular complexity index is 704. The van der Waals surface area contributed by atoms with Gasteiger partial charge in [-0.05, 0) is 50.2 Å². The van der Waals surface area contributed by atoms with Crippen LogP contribution in [0.25, 0.3) is 0 Å². The van der Waals surface area contributed by atoms with Gasteiger partial charge in [-0.1, -0.05) is 17.7 Å². The molecule has 2 rings (SSSR count). The van der Waals surface area contributed by atoms with Crippen molar-refractivity contribution < 1.29 is 14.4 Å². The molecule has 0 heterocycles. The van der Waals surface area contributed by atoms with Crippen molar-refractivity contribution in [1.29, 1.82) is 0 Å². The molecule has 0 radical (unpaired) electrons. The van der Waals surface area contributed by atoms with Crippen molar-refractivity contribution in [1.82, 2.24) is 0 Å². The number of aryl methyl sites for hydroxylation is 1. The smallest absolute Gasteiger partial charge is 0.314 e. The molecule has 5 heteroatoms. The van der Waals surface area contributed by atoms with Gasteiger partial charge in [-0.3, -0.25) is 14.4 Å². The summed E-state index contributed by atoms with van der Waals surface area (Å²) in [4.78, 5) is 34.8. The molecule has 0 saturated carbocycles. The minimum absolute atomic E-state index is 0.0602. The number of benzene rings is 2. The quantitative estimate of drug-likeness (QED) is 0.675. The van der Waals surface area contributed by atoms with E-state index in [9.17, 15) is 14.4 Å². The first-order chi connectivity index (χ1) is 10.5. The minimum Gasteiger partial charge on any atom is -0.318 e. The van der Waals surface area contributed by atoms with E-state index in [0.29, 0.717) is 16.9 Å². The molecular weight excluding hydrogens is 280 g/mol. The maximum absolute atomic E-state index is 11.8. The van der Waals surface area contributed by atoms with E-state index in [-0.39, 0.29) is 5.78 Å².